The lowest BCUT2D eigenvalue weighted by Crippen LogP contribution is -2.17. The van der Waals surface area contributed by atoms with Gasteiger partial charge < -0.3 is 10.1 Å². The first-order valence-corrected chi connectivity index (χ1v) is 10.2. The van der Waals surface area contributed by atoms with Crippen LogP contribution in [-0.4, -0.2) is 32.7 Å². The van der Waals surface area contributed by atoms with Crippen LogP contribution in [0, 0.1) is 10.1 Å². The van der Waals surface area contributed by atoms with Gasteiger partial charge in [-0.3, -0.25) is 14.9 Å². The van der Waals surface area contributed by atoms with E-state index in [4.69, 9.17) is 16.3 Å². The molecule has 1 aromatic heterocycles. The third-order valence-electron chi connectivity index (χ3n) is 4.82. The van der Waals surface area contributed by atoms with Gasteiger partial charge in [0.25, 0.3) is 11.6 Å². The molecule has 4 aromatic rings. The molecule has 9 nitrogen and oxygen atoms in total. The van der Waals surface area contributed by atoms with Crippen LogP contribution in [0.3, 0.4) is 0 Å². The van der Waals surface area contributed by atoms with Gasteiger partial charge >= 0.3 is 0 Å². The fraction of sp³-hybridized carbons (Fsp3) is 0.0870. The predicted octanol–water partition coefficient (Wildman–Crippen LogP) is 4.82. The highest BCUT2D eigenvalue weighted by molar-refractivity contribution is 6.30. The van der Waals surface area contributed by atoms with Crippen LogP contribution in [0.15, 0.2) is 72.8 Å². The number of hydrogen-bond donors (Lipinski definition) is 1. The van der Waals surface area contributed by atoms with Crippen molar-refractivity contribution in [3.63, 3.8) is 0 Å². The maximum absolute atomic E-state index is 13.2. The number of carbonyl (C=O) groups excluding carboxylic acids is 1. The molecule has 0 aliphatic carbocycles. The van der Waals surface area contributed by atoms with E-state index in [1.807, 2.05) is 12.1 Å². The van der Waals surface area contributed by atoms with Crippen LogP contribution in [0.1, 0.15) is 15.9 Å². The maximum Gasteiger partial charge on any atom is 0.281 e. The number of halogens is 1. The van der Waals surface area contributed by atoms with E-state index in [1.54, 1.807) is 43.5 Å². The molecule has 0 atom stereocenters. The molecule has 166 valence electrons. The number of nitro groups is 1. The smallest absolute Gasteiger partial charge is 0.281 e. The predicted molar refractivity (Wildman–Crippen MR) is 124 cm³/mol. The van der Waals surface area contributed by atoms with E-state index >= 15 is 0 Å². The van der Waals surface area contributed by atoms with Crippen molar-refractivity contribution in [1.82, 2.24) is 14.8 Å². The number of ether oxygens (including phenoxy) is 1. The lowest BCUT2D eigenvalue weighted by Gasteiger charge is -2.07. The Hall–Kier alpha value is -4.24. The quantitative estimate of drug-likeness (QED) is 0.309. The molecule has 1 heterocycles. The normalized spacial score (nSPS) is 10.6. The summed E-state index contributed by atoms with van der Waals surface area (Å²) < 4.78 is 6.29. The number of hydrogen-bond acceptors (Lipinski definition) is 7. The fourth-order valence-corrected chi connectivity index (χ4v) is 3.21. The minimum Gasteiger partial charge on any atom is -0.497 e. The Labute approximate surface area is 193 Å². The summed E-state index contributed by atoms with van der Waals surface area (Å²) in [6.07, 6.45) is 0. The van der Waals surface area contributed by atoms with E-state index in [-0.39, 0.29) is 17.2 Å². The number of nitrogens with one attached hydrogen (secondary N) is 1. The average Bonchev–Trinajstić information content (AvgIpc) is 3.27. The summed E-state index contributed by atoms with van der Waals surface area (Å²) in [6.45, 7) is 0.361. The van der Waals surface area contributed by atoms with Crippen LogP contribution in [0.4, 0.5) is 11.6 Å². The van der Waals surface area contributed by atoms with Gasteiger partial charge in [0.15, 0.2) is 5.82 Å². The van der Waals surface area contributed by atoms with E-state index in [2.05, 4.69) is 15.4 Å². The van der Waals surface area contributed by atoms with Gasteiger partial charge in [-0.05, 0) is 48.0 Å². The summed E-state index contributed by atoms with van der Waals surface area (Å²) in [5.74, 6) is 0.638. The van der Waals surface area contributed by atoms with Crippen LogP contribution >= 0.6 is 11.6 Å². The minimum atomic E-state index is -0.555. The maximum atomic E-state index is 13.2. The number of benzene rings is 3. The fourth-order valence-electron chi connectivity index (χ4n) is 3.09. The molecule has 0 amide bonds. The first-order valence-electron chi connectivity index (χ1n) is 9.83. The van der Waals surface area contributed by atoms with Crippen LogP contribution in [0.2, 0.25) is 5.02 Å². The molecule has 0 fully saturated rings. The molecule has 0 radical (unpaired) electrons. The first kappa shape index (κ1) is 22.0. The second-order valence-corrected chi connectivity index (χ2v) is 7.43. The second kappa shape index (κ2) is 9.49. The SMILES string of the molecule is COc1ccc(-c2nc(NCc3ccc(Cl)cc3)n(C(=O)c3cccc([N+](=O)[O-])c3)n2)cc1. The van der Waals surface area contributed by atoms with Crippen molar-refractivity contribution >= 4 is 29.1 Å². The Bertz CT molecular complexity index is 1300. The zero-order chi connectivity index (χ0) is 23.4. The van der Waals surface area contributed by atoms with Gasteiger partial charge in [0.2, 0.25) is 5.95 Å². The Morgan fingerprint density at radius 1 is 1.12 bits per heavy atom. The van der Waals surface area contributed by atoms with Crippen molar-refractivity contribution < 1.29 is 14.5 Å². The minimum absolute atomic E-state index is 0.116. The van der Waals surface area contributed by atoms with E-state index in [9.17, 15) is 14.9 Å². The lowest BCUT2D eigenvalue weighted by molar-refractivity contribution is -0.384. The molecule has 0 unspecified atom stereocenters. The molecular weight excluding hydrogens is 446 g/mol. The molecular formula is C23H18ClN5O4. The van der Waals surface area contributed by atoms with E-state index < -0.39 is 10.8 Å². The number of nitro benzene ring substituents is 1. The van der Waals surface area contributed by atoms with Crippen LogP contribution < -0.4 is 10.1 Å². The zero-order valence-electron chi connectivity index (χ0n) is 17.4. The molecule has 0 spiro atoms. The number of methoxy groups -OCH3 is 1. The van der Waals surface area contributed by atoms with Gasteiger partial charge in [-0.15, -0.1) is 5.10 Å². The number of rotatable bonds is 7. The Kier molecular flexibility index (Phi) is 6.32. The molecule has 0 aliphatic heterocycles. The summed E-state index contributed by atoms with van der Waals surface area (Å²) >= 11 is 5.94. The summed E-state index contributed by atoms with van der Waals surface area (Å²) in [4.78, 5) is 28.3. The number of aromatic nitrogens is 3. The van der Waals surface area contributed by atoms with Gasteiger partial charge in [-0.2, -0.15) is 9.67 Å². The topological polar surface area (TPSA) is 112 Å². The summed E-state index contributed by atoms with van der Waals surface area (Å²) in [5.41, 5.74) is 1.52. The molecule has 0 saturated heterocycles. The van der Waals surface area contributed by atoms with Crippen LogP contribution in [0.25, 0.3) is 11.4 Å². The Balaban J connectivity index is 1.70. The molecule has 4 rings (SSSR count). The van der Waals surface area contributed by atoms with Gasteiger partial charge in [-0.1, -0.05) is 29.8 Å². The monoisotopic (exact) mass is 463 g/mol. The van der Waals surface area contributed by atoms with Gasteiger partial charge in [-0.25, -0.2) is 0 Å². The van der Waals surface area contributed by atoms with E-state index in [0.29, 0.717) is 28.7 Å². The highest BCUT2D eigenvalue weighted by atomic mass is 35.5. The second-order valence-electron chi connectivity index (χ2n) is 6.99. The third-order valence-corrected chi connectivity index (χ3v) is 5.07. The average molecular weight is 464 g/mol. The third kappa shape index (κ3) is 4.99. The summed E-state index contributed by atoms with van der Waals surface area (Å²) in [5, 5.41) is 19.2. The van der Waals surface area contributed by atoms with Gasteiger partial charge in [0.1, 0.15) is 5.75 Å². The van der Waals surface area contributed by atoms with Gasteiger partial charge in [0.05, 0.1) is 12.0 Å². The summed E-state index contributed by atoms with van der Waals surface area (Å²) in [7, 11) is 1.57. The van der Waals surface area contributed by atoms with Crippen molar-refractivity contribution in [1.29, 1.82) is 0 Å². The van der Waals surface area contributed by atoms with Crippen LogP contribution in [0.5, 0.6) is 5.75 Å². The molecule has 1 N–H and O–H groups in total. The highest BCUT2D eigenvalue weighted by Crippen LogP contribution is 2.23. The van der Waals surface area contributed by atoms with Crippen LogP contribution in [-0.2, 0) is 6.54 Å². The standard InChI is InChI=1S/C23H18ClN5O4/c1-33-20-11-7-16(8-12-20)21-26-23(25-14-15-5-9-18(24)10-6-15)28(27-21)22(30)17-3-2-4-19(13-17)29(31)32/h2-13H,14H2,1H3,(H,25,26,27). The van der Waals surface area contributed by atoms with Crippen molar-refractivity contribution in [3.05, 3.63) is 99.1 Å². The number of nitrogens with zero attached hydrogens (tertiary/aromatic N) is 4. The van der Waals surface area contributed by atoms with Gasteiger partial charge in [0, 0.05) is 34.8 Å². The highest BCUT2D eigenvalue weighted by Gasteiger charge is 2.20. The first-order chi connectivity index (χ1) is 15.9. The number of anilines is 1. The van der Waals surface area contributed by atoms with E-state index in [0.717, 1.165) is 10.2 Å². The van der Waals surface area contributed by atoms with E-state index in [1.165, 1.54) is 24.3 Å². The van der Waals surface area contributed by atoms with Crippen molar-refractivity contribution in [2.24, 2.45) is 0 Å². The van der Waals surface area contributed by atoms with Crippen molar-refractivity contribution in [2.45, 2.75) is 6.54 Å². The van der Waals surface area contributed by atoms with Crippen molar-refractivity contribution in [2.75, 3.05) is 12.4 Å². The molecule has 3 aromatic carbocycles. The lowest BCUT2D eigenvalue weighted by atomic mass is 10.2. The molecule has 0 aliphatic rings. The molecule has 0 bridgehead atoms. The number of carbonyl (C=O) groups is 1. The Morgan fingerprint density at radius 2 is 1.85 bits per heavy atom. The Morgan fingerprint density at radius 3 is 2.52 bits per heavy atom. The zero-order valence-corrected chi connectivity index (χ0v) is 18.2. The number of non-ortho nitro benzene ring substituents is 1. The summed E-state index contributed by atoms with van der Waals surface area (Å²) in [6, 6.07) is 19.8. The molecule has 33 heavy (non-hydrogen) atoms. The molecule has 0 saturated carbocycles. The van der Waals surface area contributed by atoms with Crippen molar-refractivity contribution in [3.8, 4) is 17.1 Å². The largest absolute Gasteiger partial charge is 0.497 e. The molecule has 10 heteroatoms.